The average molecular weight is 305 g/mol. The fraction of sp³-hybridized carbons (Fsp3) is 0.667. The summed E-state index contributed by atoms with van der Waals surface area (Å²) >= 11 is 0. The molecular formula is C18H27NO3. The topological polar surface area (TPSA) is 30.9 Å². The normalized spacial score (nSPS) is 26.5. The summed E-state index contributed by atoms with van der Waals surface area (Å²) in [5.74, 6) is 1.76. The Kier molecular flexibility index (Phi) is 5.21. The third kappa shape index (κ3) is 3.73. The van der Waals surface area contributed by atoms with E-state index in [9.17, 15) is 0 Å². The van der Waals surface area contributed by atoms with Crippen LogP contribution in [0.3, 0.4) is 0 Å². The van der Waals surface area contributed by atoms with Crippen molar-refractivity contribution < 1.29 is 14.2 Å². The molecule has 2 fully saturated rings. The zero-order valence-electron chi connectivity index (χ0n) is 13.7. The van der Waals surface area contributed by atoms with Gasteiger partial charge in [-0.2, -0.15) is 0 Å². The van der Waals surface area contributed by atoms with Gasteiger partial charge in [0.1, 0.15) is 17.6 Å². The standard InChI is InChI=1S/C18H27NO3/c1-3-21-15-9-7-14(8-10-15)19-12-18(13-19)22-17-6-4-5-16(11-17)20-2/h4-6,11,14-15,18H,3,7-10,12-13H2,1-2H3. The summed E-state index contributed by atoms with van der Waals surface area (Å²) in [7, 11) is 1.68. The minimum atomic E-state index is 0.316. The molecule has 0 radical (unpaired) electrons. The minimum Gasteiger partial charge on any atom is -0.497 e. The molecule has 0 aromatic heterocycles. The van der Waals surface area contributed by atoms with Crippen LogP contribution >= 0.6 is 0 Å². The van der Waals surface area contributed by atoms with Crippen LogP contribution in [0.2, 0.25) is 0 Å². The fourth-order valence-electron chi connectivity index (χ4n) is 3.52. The summed E-state index contributed by atoms with van der Waals surface area (Å²) in [5, 5.41) is 0. The maximum Gasteiger partial charge on any atom is 0.124 e. The molecule has 1 aliphatic carbocycles. The van der Waals surface area contributed by atoms with Gasteiger partial charge >= 0.3 is 0 Å². The Bertz CT molecular complexity index is 465. The van der Waals surface area contributed by atoms with Crippen molar-refractivity contribution in [2.24, 2.45) is 0 Å². The van der Waals surface area contributed by atoms with E-state index < -0.39 is 0 Å². The highest BCUT2D eigenvalue weighted by Crippen LogP contribution is 2.30. The molecule has 1 heterocycles. The molecular weight excluding hydrogens is 278 g/mol. The second-order valence-corrected chi connectivity index (χ2v) is 6.26. The number of hydrogen-bond acceptors (Lipinski definition) is 4. The van der Waals surface area contributed by atoms with Gasteiger partial charge in [-0.15, -0.1) is 0 Å². The van der Waals surface area contributed by atoms with E-state index in [1.807, 2.05) is 24.3 Å². The molecule has 0 spiro atoms. The van der Waals surface area contributed by atoms with Crippen LogP contribution in [0.5, 0.6) is 11.5 Å². The summed E-state index contributed by atoms with van der Waals surface area (Å²) in [6.07, 6.45) is 5.74. The number of hydrogen-bond donors (Lipinski definition) is 0. The first kappa shape index (κ1) is 15.6. The Morgan fingerprint density at radius 1 is 1.05 bits per heavy atom. The van der Waals surface area contributed by atoms with Gasteiger partial charge in [0.25, 0.3) is 0 Å². The highest BCUT2D eigenvalue weighted by Gasteiger charge is 2.35. The fourth-order valence-corrected chi connectivity index (χ4v) is 3.52. The predicted octanol–water partition coefficient (Wildman–Crippen LogP) is 3.11. The van der Waals surface area contributed by atoms with Crippen LogP contribution in [0.1, 0.15) is 32.6 Å². The summed E-state index contributed by atoms with van der Waals surface area (Å²) in [5.41, 5.74) is 0. The second-order valence-electron chi connectivity index (χ2n) is 6.26. The number of rotatable bonds is 6. The number of methoxy groups -OCH3 is 1. The largest absolute Gasteiger partial charge is 0.497 e. The van der Waals surface area contributed by atoms with Crippen LogP contribution in [-0.2, 0) is 4.74 Å². The van der Waals surface area contributed by atoms with Gasteiger partial charge in [0.15, 0.2) is 0 Å². The van der Waals surface area contributed by atoms with Gasteiger partial charge in [0.2, 0.25) is 0 Å². The first-order valence-electron chi connectivity index (χ1n) is 8.45. The van der Waals surface area contributed by atoms with E-state index in [0.717, 1.165) is 37.2 Å². The van der Waals surface area contributed by atoms with E-state index in [0.29, 0.717) is 12.2 Å². The maximum atomic E-state index is 6.03. The molecule has 1 saturated carbocycles. The van der Waals surface area contributed by atoms with E-state index >= 15 is 0 Å². The molecule has 0 unspecified atom stereocenters. The van der Waals surface area contributed by atoms with Gasteiger partial charge in [-0.25, -0.2) is 0 Å². The van der Waals surface area contributed by atoms with Gasteiger partial charge < -0.3 is 14.2 Å². The zero-order valence-corrected chi connectivity index (χ0v) is 13.7. The lowest BCUT2D eigenvalue weighted by Gasteiger charge is -2.46. The third-order valence-corrected chi connectivity index (χ3v) is 4.78. The lowest BCUT2D eigenvalue weighted by molar-refractivity contribution is -0.0412. The van der Waals surface area contributed by atoms with Crippen LogP contribution in [-0.4, -0.2) is 50.0 Å². The molecule has 1 aliphatic heterocycles. The number of benzene rings is 1. The molecule has 2 aliphatic rings. The van der Waals surface area contributed by atoms with E-state index in [1.165, 1.54) is 25.7 Å². The first-order chi connectivity index (χ1) is 10.8. The van der Waals surface area contributed by atoms with Gasteiger partial charge in [-0.05, 0) is 44.7 Å². The SMILES string of the molecule is CCOC1CCC(N2CC(Oc3cccc(OC)c3)C2)CC1. The van der Waals surface area contributed by atoms with Crippen molar-refractivity contribution in [2.75, 3.05) is 26.8 Å². The van der Waals surface area contributed by atoms with Gasteiger partial charge in [0.05, 0.1) is 13.2 Å². The van der Waals surface area contributed by atoms with Crippen molar-refractivity contribution in [1.82, 2.24) is 4.90 Å². The second kappa shape index (κ2) is 7.34. The van der Waals surface area contributed by atoms with Crippen molar-refractivity contribution in [3.63, 3.8) is 0 Å². The molecule has 1 aromatic rings. The van der Waals surface area contributed by atoms with Crippen LogP contribution in [0.15, 0.2) is 24.3 Å². The lowest BCUT2D eigenvalue weighted by Crippen LogP contribution is -2.58. The van der Waals surface area contributed by atoms with Crippen LogP contribution in [0.25, 0.3) is 0 Å². The van der Waals surface area contributed by atoms with Crippen molar-refractivity contribution in [3.05, 3.63) is 24.3 Å². The van der Waals surface area contributed by atoms with Crippen LogP contribution < -0.4 is 9.47 Å². The molecule has 0 N–H and O–H groups in total. The van der Waals surface area contributed by atoms with E-state index in [1.54, 1.807) is 7.11 Å². The predicted molar refractivity (Wildman–Crippen MR) is 86.7 cm³/mol. The summed E-state index contributed by atoms with van der Waals surface area (Å²) < 4.78 is 17.0. The molecule has 122 valence electrons. The Hall–Kier alpha value is -1.26. The first-order valence-corrected chi connectivity index (χ1v) is 8.45. The van der Waals surface area contributed by atoms with Crippen LogP contribution in [0, 0.1) is 0 Å². The number of nitrogens with zero attached hydrogens (tertiary/aromatic N) is 1. The molecule has 0 bridgehead atoms. The highest BCUT2D eigenvalue weighted by molar-refractivity contribution is 5.33. The van der Waals surface area contributed by atoms with E-state index in [2.05, 4.69) is 11.8 Å². The molecule has 3 rings (SSSR count). The molecule has 1 aromatic carbocycles. The molecule has 4 nitrogen and oxygen atoms in total. The van der Waals surface area contributed by atoms with Gasteiger partial charge in [-0.1, -0.05) is 6.07 Å². The van der Waals surface area contributed by atoms with Crippen molar-refractivity contribution in [3.8, 4) is 11.5 Å². The molecule has 22 heavy (non-hydrogen) atoms. The summed E-state index contributed by atoms with van der Waals surface area (Å²) in [4.78, 5) is 2.56. The summed E-state index contributed by atoms with van der Waals surface area (Å²) in [6, 6.07) is 8.59. The minimum absolute atomic E-state index is 0.316. The lowest BCUT2D eigenvalue weighted by atomic mass is 9.90. The Labute approximate surface area is 133 Å². The number of likely N-dealkylation sites (tertiary alicyclic amines) is 1. The van der Waals surface area contributed by atoms with Crippen molar-refractivity contribution >= 4 is 0 Å². The highest BCUT2D eigenvalue weighted by atomic mass is 16.5. The summed E-state index contributed by atoms with van der Waals surface area (Å²) in [6.45, 7) is 5.01. The van der Waals surface area contributed by atoms with Gasteiger partial charge in [0, 0.05) is 31.8 Å². The number of ether oxygens (including phenoxy) is 3. The third-order valence-electron chi connectivity index (χ3n) is 4.78. The zero-order chi connectivity index (χ0) is 15.4. The smallest absolute Gasteiger partial charge is 0.124 e. The molecule has 0 atom stereocenters. The van der Waals surface area contributed by atoms with E-state index in [4.69, 9.17) is 14.2 Å². The Morgan fingerprint density at radius 3 is 2.45 bits per heavy atom. The van der Waals surface area contributed by atoms with Crippen LogP contribution in [0.4, 0.5) is 0 Å². The monoisotopic (exact) mass is 305 g/mol. The van der Waals surface area contributed by atoms with Crippen molar-refractivity contribution in [1.29, 1.82) is 0 Å². The molecule has 4 heteroatoms. The molecule has 1 saturated heterocycles. The van der Waals surface area contributed by atoms with Crippen molar-refractivity contribution in [2.45, 2.75) is 50.9 Å². The Morgan fingerprint density at radius 2 is 1.77 bits per heavy atom. The average Bonchev–Trinajstić information content (AvgIpc) is 2.52. The Balaban J connectivity index is 1.41. The van der Waals surface area contributed by atoms with E-state index in [-0.39, 0.29) is 0 Å². The maximum absolute atomic E-state index is 6.03. The van der Waals surface area contributed by atoms with Gasteiger partial charge in [-0.3, -0.25) is 4.90 Å². The molecule has 0 amide bonds. The quantitative estimate of drug-likeness (QED) is 0.808.